The van der Waals surface area contributed by atoms with Crippen LogP contribution in [0.25, 0.3) is 0 Å². The van der Waals surface area contributed by atoms with Crippen molar-refractivity contribution in [3.63, 3.8) is 0 Å². The largest absolute Gasteiger partial charge is 0.394 e. The van der Waals surface area contributed by atoms with Crippen molar-refractivity contribution in [2.24, 2.45) is 0 Å². The number of aliphatic hydroxyl groups is 3. The molecule has 6 nitrogen and oxygen atoms in total. The highest BCUT2D eigenvalue weighted by Gasteiger charge is 2.57. The van der Waals surface area contributed by atoms with Crippen molar-refractivity contribution in [1.82, 2.24) is 5.32 Å². The molecule has 2 heterocycles. The third-order valence-corrected chi connectivity index (χ3v) is 2.85. The van der Waals surface area contributed by atoms with Crippen LogP contribution >= 0.6 is 0 Å². The second kappa shape index (κ2) is 3.16. The van der Waals surface area contributed by atoms with E-state index in [1.54, 1.807) is 0 Å². The predicted octanol–water partition coefficient (Wildman–Crippen LogP) is -2.64. The summed E-state index contributed by atoms with van der Waals surface area (Å²) in [6.45, 7) is -0.186. The second-order valence-corrected chi connectivity index (χ2v) is 3.79. The summed E-state index contributed by atoms with van der Waals surface area (Å²) in [4.78, 5) is 11.0. The number of amides is 1. The molecule has 1 amide bonds. The van der Waals surface area contributed by atoms with E-state index in [0.717, 1.165) is 0 Å². The van der Waals surface area contributed by atoms with Gasteiger partial charge in [-0.3, -0.25) is 4.79 Å². The molecule has 6 heteroatoms. The van der Waals surface area contributed by atoms with Gasteiger partial charge in [-0.2, -0.15) is 0 Å². The van der Waals surface area contributed by atoms with Gasteiger partial charge >= 0.3 is 0 Å². The molecule has 0 bridgehead atoms. The van der Waals surface area contributed by atoms with Crippen LogP contribution < -0.4 is 5.32 Å². The zero-order valence-electron chi connectivity index (χ0n) is 7.51. The highest BCUT2D eigenvalue weighted by Crippen LogP contribution is 2.35. The predicted molar refractivity (Wildman–Crippen MR) is 44.3 cm³/mol. The second-order valence-electron chi connectivity index (χ2n) is 3.79. The van der Waals surface area contributed by atoms with Crippen LogP contribution in [0.15, 0.2) is 0 Å². The van der Waals surface area contributed by atoms with Gasteiger partial charge in [0, 0.05) is 6.54 Å². The molecule has 0 aliphatic carbocycles. The Morgan fingerprint density at radius 2 is 2.29 bits per heavy atom. The van der Waals surface area contributed by atoms with Gasteiger partial charge in [-0.05, 0) is 0 Å². The van der Waals surface area contributed by atoms with E-state index in [1.165, 1.54) is 0 Å². The maximum atomic E-state index is 11.0. The van der Waals surface area contributed by atoms with Crippen molar-refractivity contribution in [3.05, 3.63) is 0 Å². The first-order chi connectivity index (χ1) is 6.59. The van der Waals surface area contributed by atoms with Crippen molar-refractivity contribution in [2.45, 2.75) is 30.3 Å². The fourth-order valence-corrected chi connectivity index (χ4v) is 2.04. The third kappa shape index (κ3) is 1.23. The fraction of sp³-hybridized carbons (Fsp3) is 0.875. The third-order valence-electron chi connectivity index (χ3n) is 2.85. The lowest BCUT2D eigenvalue weighted by Gasteiger charge is -2.24. The molecule has 0 unspecified atom stereocenters. The van der Waals surface area contributed by atoms with Gasteiger partial charge in [-0.15, -0.1) is 0 Å². The van der Waals surface area contributed by atoms with E-state index < -0.39 is 23.9 Å². The number of carbonyl (C=O) groups is 1. The average molecular weight is 203 g/mol. The summed E-state index contributed by atoms with van der Waals surface area (Å²) in [6, 6.07) is 0. The molecular formula is C8H13NO5. The van der Waals surface area contributed by atoms with Gasteiger partial charge in [-0.25, -0.2) is 0 Å². The maximum Gasteiger partial charge on any atom is 0.223 e. The van der Waals surface area contributed by atoms with Gasteiger partial charge in [0.25, 0.3) is 0 Å². The zero-order chi connectivity index (χ0) is 10.3. The quantitative estimate of drug-likeness (QED) is 0.373. The lowest BCUT2D eigenvalue weighted by molar-refractivity contribution is -0.123. The SMILES string of the molecule is O=C1C[C@@]2(CN1)O[C@H](CO)[C@@H](O)[C@@H]2O. The number of aliphatic hydroxyl groups excluding tert-OH is 3. The number of carbonyl (C=O) groups excluding carboxylic acids is 1. The summed E-state index contributed by atoms with van der Waals surface area (Å²) < 4.78 is 5.32. The smallest absolute Gasteiger partial charge is 0.223 e. The average Bonchev–Trinajstić information content (AvgIpc) is 2.64. The summed E-state index contributed by atoms with van der Waals surface area (Å²) in [7, 11) is 0. The molecule has 4 N–H and O–H groups in total. The van der Waals surface area contributed by atoms with Crippen LogP contribution in [-0.4, -0.2) is 58.3 Å². The summed E-state index contributed by atoms with van der Waals surface area (Å²) in [5, 5.41) is 30.6. The number of hydrogen-bond acceptors (Lipinski definition) is 5. The number of rotatable bonds is 1. The summed E-state index contributed by atoms with van der Waals surface area (Å²) in [5.41, 5.74) is -1.05. The minimum atomic E-state index is -1.13. The topological polar surface area (TPSA) is 99.0 Å². The first kappa shape index (κ1) is 9.85. The van der Waals surface area contributed by atoms with E-state index >= 15 is 0 Å². The van der Waals surface area contributed by atoms with E-state index in [4.69, 9.17) is 9.84 Å². The molecular weight excluding hydrogens is 190 g/mol. The Hall–Kier alpha value is -0.690. The summed E-state index contributed by atoms with van der Waals surface area (Å²) in [6.07, 6.45) is -3.04. The Balaban J connectivity index is 2.18. The number of hydrogen-bond donors (Lipinski definition) is 4. The van der Waals surface area contributed by atoms with Gasteiger partial charge in [0.05, 0.1) is 13.0 Å². The van der Waals surface area contributed by atoms with E-state index in [9.17, 15) is 15.0 Å². The molecule has 0 aromatic heterocycles. The van der Waals surface area contributed by atoms with Gasteiger partial charge in [-0.1, -0.05) is 0 Å². The van der Waals surface area contributed by atoms with Crippen molar-refractivity contribution < 1.29 is 24.9 Å². The molecule has 4 atom stereocenters. The van der Waals surface area contributed by atoms with Crippen LogP contribution in [0, 0.1) is 0 Å². The monoisotopic (exact) mass is 203 g/mol. The number of ether oxygens (including phenoxy) is 1. The van der Waals surface area contributed by atoms with Crippen LogP contribution in [0.4, 0.5) is 0 Å². The molecule has 0 aromatic carbocycles. The first-order valence-corrected chi connectivity index (χ1v) is 4.50. The van der Waals surface area contributed by atoms with Crippen LogP contribution in [-0.2, 0) is 9.53 Å². The standard InChI is InChI=1S/C8H13NO5/c10-2-4-6(12)7(13)8(14-4)1-5(11)9-3-8/h4,6-7,10,12-13H,1-3H2,(H,9,11)/t4-,6-,7+,8+/m1/s1. The van der Waals surface area contributed by atoms with Crippen molar-refractivity contribution in [3.8, 4) is 0 Å². The highest BCUT2D eigenvalue weighted by atomic mass is 16.6. The van der Waals surface area contributed by atoms with Gasteiger partial charge < -0.3 is 25.4 Å². The number of nitrogens with one attached hydrogen (secondary N) is 1. The van der Waals surface area contributed by atoms with Gasteiger partial charge in [0.15, 0.2) is 0 Å². The van der Waals surface area contributed by atoms with Crippen LogP contribution in [0.5, 0.6) is 0 Å². The normalized spacial score (nSPS) is 47.4. The van der Waals surface area contributed by atoms with Crippen molar-refractivity contribution in [2.75, 3.05) is 13.2 Å². The minimum Gasteiger partial charge on any atom is -0.394 e. The molecule has 2 aliphatic rings. The van der Waals surface area contributed by atoms with Crippen LogP contribution in [0.3, 0.4) is 0 Å². The van der Waals surface area contributed by atoms with E-state index in [1.807, 2.05) is 0 Å². The maximum absolute atomic E-state index is 11.0. The van der Waals surface area contributed by atoms with E-state index in [0.29, 0.717) is 0 Å². The molecule has 0 saturated carbocycles. The molecule has 2 fully saturated rings. The van der Waals surface area contributed by atoms with Crippen molar-refractivity contribution in [1.29, 1.82) is 0 Å². The molecule has 2 rings (SSSR count). The lowest BCUT2D eigenvalue weighted by atomic mass is 9.94. The Morgan fingerprint density at radius 1 is 1.57 bits per heavy atom. The Bertz CT molecular complexity index is 258. The van der Waals surface area contributed by atoms with E-state index in [2.05, 4.69) is 5.32 Å². The molecule has 2 saturated heterocycles. The van der Waals surface area contributed by atoms with Crippen LogP contribution in [0.1, 0.15) is 6.42 Å². The Labute approximate surface area is 80.5 Å². The van der Waals surface area contributed by atoms with E-state index in [-0.39, 0.29) is 25.5 Å². The van der Waals surface area contributed by atoms with Gasteiger partial charge in [0.1, 0.15) is 23.9 Å². The van der Waals surface area contributed by atoms with Gasteiger partial charge in [0.2, 0.25) is 5.91 Å². The molecule has 14 heavy (non-hydrogen) atoms. The van der Waals surface area contributed by atoms with Crippen LogP contribution in [0.2, 0.25) is 0 Å². The lowest BCUT2D eigenvalue weighted by Crippen LogP contribution is -2.44. The zero-order valence-corrected chi connectivity index (χ0v) is 7.51. The summed E-state index contributed by atoms with van der Waals surface area (Å²) >= 11 is 0. The Morgan fingerprint density at radius 3 is 2.71 bits per heavy atom. The highest BCUT2D eigenvalue weighted by molar-refractivity contribution is 5.80. The molecule has 1 spiro atoms. The molecule has 80 valence electrons. The molecule has 0 aromatic rings. The minimum absolute atomic E-state index is 0.0295. The molecule has 0 radical (unpaired) electrons. The fourth-order valence-electron chi connectivity index (χ4n) is 2.04. The summed E-state index contributed by atoms with van der Waals surface area (Å²) in [5.74, 6) is -0.213. The van der Waals surface area contributed by atoms with Crippen molar-refractivity contribution >= 4 is 5.91 Å². The Kier molecular flexibility index (Phi) is 2.23. The molecule has 2 aliphatic heterocycles. The first-order valence-electron chi connectivity index (χ1n) is 4.50.